The molecule has 1 atom stereocenters. The number of carbonyl (C=O) groups excluding carboxylic acids is 1. The molecule has 1 unspecified atom stereocenters. The first-order valence-electron chi connectivity index (χ1n) is 6.57. The van der Waals surface area contributed by atoms with Gasteiger partial charge in [0, 0.05) is 11.7 Å². The van der Waals surface area contributed by atoms with Gasteiger partial charge in [-0.3, -0.25) is 0 Å². The molecule has 0 aliphatic heterocycles. The van der Waals surface area contributed by atoms with E-state index in [9.17, 15) is 4.79 Å². The van der Waals surface area contributed by atoms with E-state index in [0.29, 0.717) is 11.8 Å². The van der Waals surface area contributed by atoms with Gasteiger partial charge < -0.3 is 10.6 Å². The topological polar surface area (TPSA) is 41.1 Å². The van der Waals surface area contributed by atoms with Crippen LogP contribution < -0.4 is 10.6 Å². The van der Waals surface area contributed by atoms with Crippen LogP contribution in [0.4, 0.5) is 10.5 Å². The van der Waals surface area contributed by atoms with E-state index in [2.05, 4.69) is 44.4 Å². The maximum absolute atomic E-state index is 11.8. The van der Waals surface area contributed by atoms with E-state index in [1.54, 1.807) is 0 Å². The standard InChI is InChI=1S/C15H24N2O/c1-10(2)12(5)16-15(18)17-14-8-6-7-13(9-14)11(3)4/h6-12H,1-5H3,(H2,16,17,18). The Morgan fingerprint density at radius 3 is 2.33 bits per heavy atom. The highest BCUT2D eigenvalue weighted by molar-refractivity contribution is 5.89. The quantitative estimate of drug-likeness (QED) is 0.831. The molecule has 0 saturated carbocycles. The van der Waals surface area contributed by atoms with Crippen molar-refractivity contribution in [3.8, 4) is 0 Å². The molecule has 0 fully saturated rings. The first-order valence-corrected chi connectivity index (χ1v) is 6.57. The second-order valence-electron chi connectivity index (χ2n) is 5.41. The van der Waals surface area contributed by atoms with Gasteiger partial charge in [-0.15, -0.1) is 0 Å². The highest BCUT2D eigenvalue weighted by Gasteiger charge is 2.10. The van der Waals surface area contributed by atoms with Crippen molar-refractivity contribution in [3.05, 3.63) is 29.8 Å². The summed E-state index contributed by atoms with van der Waals surface area (Å²) in [4.78, 5) is 11.8. The van der Waals surface area contributed by atoms with E-state index in [-0.39, 0.29) is 12.1 Å². The Morgan fingerprint density at radius 2 is 1.78 bits per heavy atom. The van der Waals surface area contributed by atoms with Crippen LogP contribution in [0.15, 0.2) is 24.3 Å². The zero-order valence-electron chi connectivity index (χ0n) is 11.9. The Balaban J connectivity index is 2.62. The molecule has 100 valence electrons. The minimum Gasteiger partial charge on any atom is -0.335 e. The number of urea groups is 1. The number of hydrogen-bond donors (Lipinski definition) is 2. The molecular formula is C15H24N2O. The van der Waals surface area contributed by atoms with Gasteiger partial charge >= 0.3 is 6.03 Å². The smallest absolute Gasteiger partial charge is 0.319 e. The molecule has 2 N–H and O–H groups in total. The zero-order chi connectivity index (χ0) is 13.7. The molecule has 0 saturated heterocycles. The Bertz CT molecular complexity index is 399. The van der Waals surface area contributed by atoms with Gasteiger partial charge in [0.05, 0.1) is 0 Å². The molecule has 18 heavy (non-hydrogen) atoms. The molecule has 1 aromatic carbocycles. The number of hydrogen-bond acceptors (Lipinski definition) is 1. The highest BCUT2D eigenvalue weighted by atomic mass is 16.2. The molecule has 0 aliphatic carbocycles. The monoisotopic (exact) mass is 248 g/mol. The summed E-state index contributed by atoms with van der Waals surface area (Å²) in [5, 5.41) is 5.80. The molecule has 0 heterocycles. The summed E-state index contributed by atoms with van der Waals surface area (Å²) in [6.07, 6.45) is 0. The van der Waals surface area contributed by atoms with E-state index < -0.39 is 0 Å². The zero-order valence-corrected chi connectivity index (χ0v) is 11.9. The predicted molar refractivity (Wildman–Crippen MR) is 77.0 cm³/mol. The highest BCUT2D eigenvalue weighted by Crippen LogP contribution is 2.18. The summed E-state index contributed by atoms with van der Waals surface area (Å²) in [7, 11) is 0. The lowest BCUT2D eigenvalue weighted by atomic mass is 10.0. The number of rotatable bonds is 4. The van der Waals surface area contributed by atoms with Crippen LogP contribution in [0.25, 0.3) is 0 Å². The summed E-state index contributed by atoms with van der Waals surface area (Å²) in [6, 6.07) is 7.99. The van der Waals surface area contributed by atoms with Crippen molar-refractivity contribution >= 4 is 11.7 Å². The van der Waals surface area contributed by atoms with Crippen LogP contribution in [0.2, 0.25) is 0 Å². The molecule has 2 amide bonds. The fourth-order valence-corrected chi connectivity index (χ4v) is 1.52. The predicted octanol–water partition coefficient (Wildman–Crippen LogP) is 3.98. The van der Waals surface area contributed by atoms with E-state index in [1.165, 1.54) is 5.56 Å². The van der Waals surface area contributed by atoms with Crippen LogP contribution in [-0.4, -0.2) is 12.1 Å². The largest absolute Gasteiger partial charge is 0.335 e. The Kier molecular flexibility index (Phi) is 5.20. The van der Waals surface area contributed by atoms with Crippen LogP contribution in [0, 0.1) is 5.92 Å². The minimum atomic E-state index is -0.142. The molecule has 0 bridgehead atoms. The van der Waals surface area contributed by atoms with Crippen molar-refractivity contribution in [2.24, 2.45) is 5.92 Å². The Morgan fingerprint density at radius 1 is 1.11 bits per heavy atom. The van der Waals surface area contributed by atoms with E-state index >= 15 is 0 Å². The minimum absolute atomic E-state index is 0.142. The van der Waals surface area contributed by atoms with Gasteiger partial charge in [0.25, 0.3) is 0 Å². The summed E-state index contributed by atoms with van der Waals surface area (Å²) < 4.78 is 0. The van der Waals surface area contributed by atoms with Gasteiger partial charge in [0.15, 0.2) is 0 Å². The van der Waals surface area contributed by atoms with Gasteiger partial charge in [-0.1, -0.05) is 39.8 Å². The lowest BCUT2D eigenvalue weighted by Crippen LogP contribution is -2.39. The van der Waals surface area contributed by atoms with Crippen molar-refractivity contribution in [1.29, 1.82) is 0 Å². The second-order valence-corrected chi connectivity index (χ2v) is 5.41. The number of anilines is 1. The number of amides is 2. The third kappa shape index (κ3) is 4.40. The molecule has 3 heteroatoms. The summed E-state index contributed by atoms with van der Waals surface area (Å²) in [6.45, 7) is 10.5. The van der Waals surface area contributed by atoms with Crippen molar-refractivity contribution in [2.45, 2.75) is 46.6 Å². The van der Waals surface area contributed by atoms with Crippen molar-refractivity contribution < 1.29 is 4.79 Å². The van der Waals surface area contributed by atoms with Gasteiger partial charge in [0.2, 0.25) is 0 Å². The van der Waals surface area contributed by atoms with Crippen molar-refractivity contribution in [3.63, 3.8) is 0 Å². The second kappa shape index (κ2) is 6.43. The maximum Gasteiger partial charge on any atom is 0.319 e. The van der Waals surface area contributed by atoms with E-state index in [1.807, 2.05) is 25.1 Å². The summed E-state index contributed by atoms with van der Waals surface area (Å²) in [5.74, 6) is 0.891. The number of benzene rings is 1. The van der Waals surface area contributed by atoms with Crippen molar-refractivity contribution in [2.75, 3.05) is 5.32 Å². The molecule has 0 radical (unpaired) electrons. The van der Waals surface area contributed by atoms with Crippen LogP contribution >= 0.6 is 0 Å². The number of carbonyl (C=O) groups is 1. The van der Waals surface area contributed by atoms with Crippen molar-refractivity contribution in [1.82, 2.24) is 5.32 Å². The molecular weight excluding hydrogens is 224 g/mol. The molecule has 0 aromatic heterocycles. The first kappa shape index (κ1) is 14.6. The molecule has 3 nitrogen and oxygen atoms in total. The lowest BCUT2D eigenvalue weighted by Gasteiger charge is -2.18. The van der Waals surface area contributed by atoms with E-state index in [4.69, 9.17) is 0 Å². The third-order valence-electron chi connectivity index (χ3n) is 3.17. The average Bonchev–Trinajstić information content (AvgIpc) is 2.28. The number of nitrogens with one attached hydrogen (secondary N) is 2. The fourth-order valence-electron chi connectivity index (χ4n) is 1.52. The van der Waals surface area contributed by atoms with Gasteiger partial charge in [0.1, 0.15) is 0 Å². The first-order chi connectivity index (χ1) is 8.40. The van der Waals surface area contributed by atoms with Gasteiger partial charge in [-0.25, -0.2) is 4.79 Å². The fraction of sp³-hybridized carbons (Fsp3) is 0.533. The van der Waals surface area contributed by atoms with Crippen LogP contribution in [0.5, 0.6) is 0 Å². The normalized spacial score (nSPS) is 12.6. The molecule has 1 aromatic rings. The molecule has 1 rings (SSSR count). The van der Waals surface area contributed by atoms with Gasteiger partial charge in [-0.2, -0.15) is 0 Å². The van der Waals surface area contributed by atoms with Crippen LogP contribution in [0.1, 0.15) is 46.1 Å². The molecule has 0 aliphatic rings. The van der Waals surface area contributed by atoms with Crippen LogP contribution in [0.3, 0.4) is 0 Å². The summed E-state index contributed by atoms with van der Waals surface area (Å²) >= 11 is 0. The van der Waals surface area contributed by atoms with E-state index in [0.717, 1.165) is 5.69 Å². The SMILES string of the molecule is CC(C)c1cccc(NC(=O)NC(C)C(C)C)c1. The maximum atomic E-state index is 11.8. The third-order valence-corrected chi connectivity index (χ3v) is 3.17. The van der Waals surface area contributed by atoms with Crippen LogP contribution in [-0.2, 0) is 0 Å². The Labute approximate surface area is 110 Å². The molecule has 0 spiro atoms. The lowest BCUT2D eigenvalue weighted by molar-refractivity contribution is 0.246. The van der Waals surface area contributed by atoms with Gasteiger partial charge in [-0.05, 0) is 36.5 Å². The average molecular weight is 248 g/mol. The summed E-state index contributed by atoms with van der Waals surface area (Å²) in [5.41, 5.74) is 2.07. The Hall–Kier alpha value is -1.51.